The Morgan fingerprint density at radius 1 is 1.27 bits per heavy atom. The van der Waals surface area contributed by atoms with Crippen molar-refractivity contribution in [3.05, 3.63) is 33.3 Å². The number of rotatable bonds is 4. The first kappa shape index (κ1) is 20.0. The van der Waals surface area contributed by atoms with Crippen molar-refractivity contribution in [2.45, 2.75) is 25.1 Å². The second-order valence-corrected chi connectivity index (χ2v) is 6.44. The van der Waals surface area contributed by atoms with E-state index < -0.39 is 12.6 Å². The van der Waals surface area contributed by atoms with Crippen molar-refractivity contribution in [3.8, 4) is 0 Å². The first-order chi connectivity index (χ1) is 9.87. The van der Waals surface area contributed by atoms with E-state index >= 15 is 0 Å². The fourth-order valence-corrected chi connectivity index (χ4v) is 3.40. The standard InChI is InChI=1S/C14H17BrClF3N2.ClH/c15-10-1-2-11(12(16)9-10)13(3-4-14(17,18)19)21-7-5-20-6-8-21;/h1-2,9,13,20H,3-8H2;1H/t13-;/m1./s1. The highest BCUT2D eigenvalue weighted by Crippen LogP contribution is 2.36. The Morgan fingerprint density at radius 2 is 1.91 bits per heavy atom. The Kier molecular flexibility index (Phi) is 7.95. The van der Waals surface area contributed by atoms with Crippen LogP contribution >= 0.6 is 39.9 Å². The van der Waals surface area contributed by atoms with Crippen molar-refractivity contribution in [3.63, 3.8) is 0 Å². The lowest BCUT2D eigenvalue weighted by Crippen LogP contribution is -2.45. The minimum Gasteiger partial charge on any atom is -0.314 e. The molecule has 1 aliphatic rings. The number of nitrogens with zero attached hydrogens (tertiary/aromatic N) is 1. The molecule has 0 aliphatic carbocycles. The van der Waals surface area contributed by atoms with E-state index in [1.165, 1.54) is 0 Å². The molecule has 1 atom stereocenters. The Balaban J connectivity index is 0.00000242. The highest BCUT2D eigenvalue weighted by molar-refractivity contribution is 9.10. The molecular weight excluding hydrogens is 404 g/mol. The SMILES string of the molecule is Cl.FC(F)(F)CC[C@H](c1ccc(Br)cc1Cl)N1CCNCC1. The molecule has 1 aromatic rings. The van der Waals surface area contributed by atoms with Crippen molar-refractivity contribution in [1.82, 2.24) is 10.2 Å². The van der Waals surface area contributed by atoms with Crippen LogP contribution in [0, 0.1) is 0 Å². The summed E-state index contributed by atoms with van der Waals surface area (Å²) in [7, 11) is 0. The molecule has 0 radical (unpaired) electrons. The average molecular weight is 422 g/mol. The number of nitrogens with one attached hydrogen (secondary N) is 1. The largest absolute Gasteiger partial charge is 0.389 e. The smallest absolute Gasteiger partial charge is 0.314 e. The van der Waals surface area contributed by atoms with E-state index in [1.54, 1.807) is 6.07 Å². The molecule has 0 spiro atoms. The molecule has 1 aromatic carbocycles. The van der Waals surface area contributed by atoms with Crippen LogP contribution in [0.15, 0.2) is 22.7 Å². The molecule has 1 fully saturated rings. The number of benzene rings is 1. The molecule has 8 heteroatoms. The molecule has 0 bridgehead atoms. The van der Waals surface area contributed by atoms with Gasteiger partial charge in [0, 0.05) is 48.1 Å². The van der Waals surface area contributed by atoms with Crippen LogP contribution < -0.4 is 5.32 Å². The van der Waals surface area contributed by atoms with Gasteiger partial charge in [-0.15, -0.1) is 12.4 Å². The molecule has 1 N–H and O–H groups in total. The van der Waals surface area contributed by atoms with Gasteiger partial charge in [-0.1, -0.05) is 33.6 Å². The summed E-state index contributed by atoms with van der Waals surface area (Å²) in [6.45, 7) is 3.04. The predicted molar refractivity (Wildman–Crippen MR) is 88.9 cm³/mol. The number of piperazine rings is 1. The predicted octanol–water partition coefficient (Wildman–Crippen LogP) is 4.81. The van der Waals surface area contributed by atoms with Crippen LogP contribution in [0.5, 0.6) is 0 Å². The molecule has 1 saturated heterocycles. The fraction of sp³-hybridized carbons (Fsp3) is 0.571. The highest BCUT2D eigenvalue weighted by atomic mass is 79.9. The maximum atomic E-state index is 12.6. The summed E-state index contributed by atoms with van der Waals surface area (Å²) < 4.78 is 38.6. The van der Waals surface area contributed by atoms with Gasteiger partial charge in [0.1, 0.15) is 0 Å². The zero-order chi connectivity index (χ0) is 15.5. The van der Waals surface area contributed by atoms with E-state index in [1.807, 2.05) is 12.1 Å². The van der Waals surface area contributed by atoms with Gasteiger partial charge in [-0.3, -0.25) is 4.90 Å². The summed E-state index contributed by atoms with van der Waals surface area (Å²) in [4.78, 5) is 2.08. The molecule has 1 aliphatic heterocycles. The second kappa shape index (κ2) is 8.73. The zero-order valence-electron chi connectivity index (χ0n) is 11.8. The van der Waals surface area contributed by atoms with Gasteiger partial charge in [-0.05, 0) is 24.1 Å². The Hall–Kier alpha value is -0.0100. The van der Waals surface area contributed by atoms with E-state index in [0.717, 1.165) is 36.2 Å². The maximum absolute atomic E-state index is 12.6. The average Bonchev–Trinajstić information content (AvgIpc) is 2.41. The van der Waals surface area contributed by atoms with Crippen LogP contribution in [0.4, 0.5) is 13.2 Å². The molecule has 0 amide bonds. The molecule has 126 valence electrons. The van der Waals surface area contributed by atoms with Gasteiger partial charge in [-0.25, -0.2) is 0 Å². The lowest BCUT2D eigenvalue weighted by molar-refractivity contribution is -0.138. The summed E-state index contributed by atoms with van der Waals surface area (Å²) in [5, 5.41) is 3.72. The first-order valence-electron chi connectivity index (χ1n) is 6.83. The van der Waals surface area contributed by atoms with Crippen LogP contribution in [0.25, 0.3) is 0 Å². The lowest BCUT2D eigenvalue weighted by Gasteiger charge is -2.36. The number of hydrogen-bond acceptors (Lipinski definition) is 2. The summed E-state index contributed by atoms with van der Waals surface area (Å²) in [5.74, 6) is 0. The van der Waals surface area contributed by atoms with Crippen LogP contribution in [0.1, 0.15) is 24.4 Å². The van der Waals surface area contributed by atoms with Gasteiger partial charge >= 0.3 is 6.18 Å². The molecule has 0 aromatic heterocycles. The Labute approximate surface area is 147 Å². The van der Waals surface area contributed by atoms with Crippen molar-refractivity contribution in [2.24, 2.45) is 0 Å². The van der Waals surface area contributed by atoms with Crippen molar-refractivity contribution >= 4 is 39.9 Å². The summed E-state index contributed by atoms with van der Waals surface area (Å²) >= 11 is 9.56. The maximum Gasteiger partial charge on any atom is 0.389 e. The van der Waals surface area contributed by atoms with Gasteiger partial charge in [0.05, 0.1) is 0 Å². The van der Waals surface area contributed by atoms with E-state index in [2.05, 4.69) is 26.1 Å². The van der Waals surface area contributed by atoms with E-state index in [0.29, 0.717) is 5.02 Å². The molecular formula is C14H18BrCl2F3N2. The number of hydrogen-bond donors (Lipinski definition) is 1. The Morgan fingerprint density at radius 3 is 2.45 bits per heavy atom. The third-order valence-electron chi connectivity index (χ3n) is 3.62. The van der Waals surface area contributed by atoms with Gasteiger partial charge in [0.2, 0.25) is 0 Å². The normalized spacial score (nSPS) is 17.9. The van der Waals surface area contributed by atoms with Crippen LogP contribution in [-0.4, -0.2) is 37.3 Å². The fourth-order valence-electron chi connectivity index (χ4n) is 2.60. The summed E-state index contributed by atoms with van der Waals surface area (Å²) in [5.41, 5.74) is 0.769. The molecule has 1 heterocycles. The van der Waals surface area contributed by atoms with E-state index in [9.17, 15) is 13.2 Å². The van der Waals surface area contributed by atoms with Crippen LogP contribution in [0.3, 0.4) is 0 Å². The van der Waals surface area contributed by atoms with E-state index in [4.69, 9.17) is 11.6 Å². The van der Waals surface area contributed by atoms with Crippen molar-refractivity contribution in [1.29, 1.82) is 0 Å². The molecule has 0 saturated carbocycles. The quantitative estimate of drug-likeness (QED) is 0.750. The number of halogens is 6. The van der Waals surface area contributed by atoms with Gasteiger partial charge in [0.15, 0.2) is 0 Å². The third kappa shape index (κ3) is 5.89. The minimum absolute atomic E-state index is 0. The van der Waals surface area contributed by atoms with Crippen LogP contribution in [-0.2, 0) is 0 Å². The Bertz CT molecular complexity index is 480. The molecule has 22 heavy (non-hydrogen) atoms. The minimum atomic E-state index is -4.14. The molecule has 2 nitrogen and oxygen atoms in total. The van der Waals surface area contributed by atoms with Crippen molar-refractivity contribution < 1.29 is 13.2 Å². The van der Waals surface area contributed by atoms with Gasteiger partial charge < -0.3 is 5.32 Å². The van der Waals surface area contributed by atoms with E-state index in [-0.39, 0.29) is 24.9 Å². The van der Waals surface area contributed by atoms with Crippen LogP contribution in [0.2, 0.25) is 5.02 Å². The topological polar surface area (TPSA) is 15.3 Å². The zero-order valence-corrected chi connectivity index (χ0v) is 15.0. The third-order valence-corrected chi connectivity index (χ3v) is 4.44. The van der Waals surface area contributed by atoms with Gasteiger partial charge in [0.25, 0.3) is 0 Å². The van der Waals surface area contributed by atoms with Crippen molar-refractivity contribution in [2.75, 3.05) is 26.2 Å². The summed E-state index contributed by atoms with van der Waals surface area (Å²) in [6, 6.07) is 5.08. The molecule has 0 unspecified atom stereocenters. The highest BCUT2D eigenvalue weighted by Gasteiger charge is 2.32. The van der Waals surface area contributed by atoms with Gasteiger partial charge in [-0.2, -0.15) is 13.2 Å². The lowest BCUT2D eigenvalue weighted by atomic mass is 9.99. The summed E-state index contributed by atoms with van der Waals surface area (Å²) in [6.07, 6.45) is -4.91. The molecule has 2 rings (SSSR count). The first-order valence-corrected chi connectivity index (χ1v) is 8.00. The number of alkyl halides is 3. The monoisotopic (exact) mass is 420 g/mol. The second-order valence-electron chi connectivity index (χ2n) is 5.12.